The number of aromatic nitrogens is 1. The van der Waals surface area contributed by atoms with Crippen LogP contribution in [0.1, 0.15) is 34.3 Å². The number of nitrogens with two attached hydrogens (primary N) is 1. The van der Waals surface area contributed by atoms with Crippen molar-refractivity contribution in [1.82, 2.24) is 4.98 Å². The third kappa shape index (κ3) is 2.60. The maximum Gasteiger partial charge on any atom is 0.205 e. The van der Waals surface area contributed by atoms with Crippen molar-refractivity contribution in [3.05, 3.63) is 58.3 Å². The van der Waals surface area contributed by atoms with Crippen LogP contribution in [-0.4, -0.2) is 10.8 Å². The number of thiophene rings is 1. The first-order valence-corrected chi connectivity index (χ1v) is 7.90. The SMILES string of the molecule is CCCc1ccc2c(N)c(C(=O)c3ccc(F)cc3)sc2n1. The zero-order chi connectivity index (χ0) is 15.7. The number of aryl methyl sites for hydroxylation is 1. The molecule has 2 N–H and O–H groups in total. The van der Waals surface area contributed by atoms with Crippen molar-refractivity contribution in [2.45, 2.75) is 19.8 Å². The Morgan fingerprint density at radius 3 is 2.64 bits per heavy atom. The molecular formula is C17H15FN2OS. The standard InChI is InChI=1S/C17H15FN2OS/c1-2-3-12-8-9-13-14(19)16(22-17(13)20-12)15(21)10-4-6-11(18)7-5-10/h4-9H,2-3,19H2,1H3. The minimum Gasteiger partial charge on any atom is -0.397 e. The van der Waals surface area contributed by atoms with E-state index in [0.717, 1.165) is 28.8 Å². The van der Waals surface area contributed by atoms with Gasteiger partial charge in [-0.3, -0.25) is 4.79 Å². The maximum absolute atomic E-state index is 13.0. The van der Waals surface area contributed by atoms with Gasteiger partial charge >= 0.3 is 0 Å². The van der Waals surface area contributed by atoms with E-state index in [0.29, 0.717) is 16.1 Å². The molecule has 112 valence electrons. The van der Waals surface area contributed by atoms with Gasteiger partial charge in [0.2, 0.25) is 5.78 Å². The van der Waals surface area contributed by atoms with E-state index in [1.54, 1.807) is 0 Å². The number of carbonyl (C=O) groups excluding carboxylic acids is 1. The summed E-state index contributed by atoms with van der Waals surface area (Å²) in [5.74, 6) is -0.565. The molecule has 0 saturated heterocycles. The van der Waals surface area contributed by atoms with E-state index in [1.807, 2.05) is 12.1 Å². The van der Waals surface area contributed by atoms with Crippen LogP contribution in [0.25, 0.3) is 10.2 Å². The third-order valence-corrected chi connectivity index (χ3v) is 4.58. The molecule has 3 rings (SSSR count). The zero-order valence-corrected chi connectivity index (χ0v) is 12.9. The fourth-order valence-electron chi connectivity index (χ4n) is 2.33. The highest BCUT2D eigenvalue weighted by atomic mass is 32.1. The molecule has 3 nitrogen and oxygen atoms in total. The molecule has 0 bridgehead atoms. The van der Waals surface area contributed by atoms with Crippen LogP contribution in [0, 0.1) is 5.82 Å². The zero-order valence-electron chi connectivity index (χ0n) is 12.1. The number of halogens is 1. The van der Waals surface area contributed by atoms with Crippen LogP contribution in [0.5, 0.6) is 0 Å². The van der Waals surface area contributed by atoms with Gasteiger partial charge in [0.1, 0.15) is 15.5 Å². The minimum atomic E-state index is -0.369. The third-order valence-electron chi connectivity index (χ3n) is 3.47. The molecule has 0 unspecified atom stereocenters. The molecule has 3 aromatic rings. The van der Waals surface area contributed by atoms with Gasteiger partial charge < -0.3 is 5.73 Å². The number of nitrogens with zero attached hydrogens (tertiary/aromatic N) is 1. The lowest BCUT2D eigenvalue weighted by molar-refractivity contribution is 0.104. The van der Waals surface area contributed by atoms with Crippen LogP contribution >= 0.6 is 11.3 Å². The number of carbonyl (C=O) groups is 1. The molecule has 0 spiro atoms. The van der Waals surface area contributed by atoms with Gasteiger partial charge in [-0.25, -0.2) is 9.37 Å². The number of benzene rings is 1. The van der Waals surface area contributed by atoms with E-state index in [4.69, 9.17) is 5.73 Å². The molecular weight excluding hydrogens is 299 g/mol. The van der Waals surface area contributed by atoms with Crippen LogP contribution in [0.4, 0.5) is 10.1 Å². The Balaban J connectivity index is 2.05. The Morgan fingerprint density at radius 1 is 1.23 bits per heavy atom. The molecule has 22 heavy (non-hydrogen) atoms. The number of pyridine rings is 1. The first-order chi connectivity index (χ1) is 10.6. The summed E-state index contributed by atoms with van der Waals surface area (Å²) in [6, 6.07) is 9.35. The predicted octanol–water partition coefficient (Wildman–Crippen LogP) is 4.20. The number of nitrogen functional groups attached to an aromatic ring is 1. The summed E-state index contributed by atoms with van der Waals surface area (Å²) in [5.41, 5.74) is 7.98. The second-order valence-electron chi connectivity index (χ2n) is 5.09. The molecule has 2 heterocycles. The van der Waals surface area contributed by atoms with E-state index >= 15 is 0 Å². The highest BCUT2D eigenvalue weighted by Gasteiger charge is 2.19. The van der Waals surface area contributed by atoms with Crippen LogP contribution in [0.2, 0.25) is 0 Å². The summed E-state index contributed by atoms with van der Waals surface area (Å²) in [4.78, 5) is 18.3. The van der Waals surface area contributed by atoms with Gasteiger partial charge in [0, 0.05) is 16.6 Å². The summed E-state index contributed by atoms with van der Waals surface area (Å²) >= 11 is 1.29. The highest BCUT2D eigenvalue weighted by Crippen LogP contribution is 2.34. The molecule has 0 radical (unpaired) electrons. The summed E-state index contributed by atoms with van der Waals surface area (Å²) in [7, 11) is 0. The Labute approximate surface area is 131 Å². The molecule has 0 saturated carbocycles. The van der Waals surface area contributed by atoms with Gasteiger partial charge in [-0.1, -0.05) is 13.3 Å². The number of hydrogen-bond acceptors (Lipinski definition) is 4. The first-order valence-electron chi connectivity index (χ1n) is 7.08. The normalized spacial score (nSPS) is 11.0. The van der Waals surface area contributed by atoms with Crippen LogP contribution in [0.15, 0.2) is 36.4 Å². The largest absolute Gasteiger partial charge is 0.397 e. The van der Waals surface area contributed by atoms with E-state index in [2.05, 4.69) is 11.9 Å². The van der Waals surface area contributed by atoms with Crippen molar-refractivity contribution in [3.63, 3.8) is 0 Å². The molecule has 0 fully saturated rings. The van der Waals surface area contributed by atoms with Crippen LogP contribution in [-0.2, 0) is 6.42 Å². The van der Waals surface area contributed by atoms with E-state index in [-0.39, 0.29) is 11.6 Å². The van der Waals surface area contributed by atoms with Gasteiger partial charge in [-0.05, 0) is 42.8 Å². The average Bonchev–Trinajstić information content (AvgIpc) is 2.84. The van der Waals surface area contributed by atoms with E-state index < -0.39 is 0 Å². The number of hydrogen-bond donors (Lipinski definition) is 1. The number of anilines is 1. The van der Waals surface area contributed by atoms with Crippen LogP contribution < -0.4 is 5.73 Å². The Morgan fingerprint density at radius 2 is 1.95 bits per heavy atom. The van der Waals surface area contributed by atoms with Crippen molar-refractivity contribution < 1.29 is 9.18 Å². The predicted molar refractivity (Wildman–Crippen MR) is 87.9 cm³/mol. The average molecular weight is 314 g/mol. The fraction of sp³-hybridized carbons (Fsp3) is 0.176. The van der Waals surface area contributed by atoms with Gasteiger partial charge in [-0.15, -0.1) is 11.3 Å². The highest BCUT2D eigenvalue weighted by molar-refractivity contribution is 7.21. The van der Waals surface area contributed by atoms with Crippen molar-refractivity contribution in [2.75, 3.05) is 5.73 Å². The Hall–Kier alpha value is -2.27. The van der Waals surface area contributed by atoms with Crippen molar-refractivity contribution in [3.8, 4) is 0 Å². The Kier molecular flexibility index (Phi) is 3.90. The molecule has 0 aliphatic heterocycles. The van der Waals surface area contributed by atoms with E-state index in [9.17, 15) is 9.18 Å². The first kappa shape index (κ1) is 14.7. The molecule has 5 heteroatoms. The van der Waals surface area contributed by atoms with Crippen molar-refractivity contribution in [2.24, 2.45) is 0 Å². The smallest absolute Gasteiger partial charge is 0.205 e. The van der Waals surface area contributed by atoms with Gasteiger partial charge in [-0.2, -0.15) is 0 Å². The van der Waals surface area contributed by atoms with Gasteiger partial charge in [0.25, 0.3) is 0 Å². The fourth-order valence-corrected chi connectivity index (χ4v) is 3.41. The molecule has 1 aromatic carbocycles. The van der Waals surface area contributed by atoms with Crippen molar-refractivity contribution in [1.29, 1.82) is 0 Å². The van der Waals surface area contributed by atoms with E-state index in [1.165, 1.54) is 35.6 Å². The lowest BCUT2D eigenvalue weighted by atomic mass is 10.1. The summed E-state index contributed by atoms with van der Waals surface area (Å²) in [5, 5.41) is 0.801. The maximum atomic E-state index is 13.0. The summed E-state index contributed by atoms with van der Waals surface area (Å²) in [6.07, 6.45) is 1.91. The van der Waals surface area contributed by atoms with Crippen LogP contribution in [0.3, 0.4) is 0 Å². The molecule has 0 atom stereocenters. The number of fused-ring (bicyclic) bond motifs is 1. The number of rotatable bonds is 4. The minimum absolute atomic E-state index is 0.197. The van der Waals surface area contributed by atoms with Gasteiger partial charge in [0.05, 0.1) is 5.69 Å². The molecule has 0 aliphatic rings. The summed E-state index contributed by atoms with van der Waals surface area (Å²) in [6.45, 7) is 2.10. The molecule has 2 aromatic heterocycles. The lowest BCUT2D eigenvalue weighted by Crippen LogP contribution is -2.01. The molecule has 0 amide bonds. The quantitative estimate of drug-likeness (QED) is 0.734. The topological polar surface area (TPSA) is 56.0 Å². The summed E-state index contributed by atoms with van der Waals surface area (Å²) < 4.78 is 13.0. The van der Waals surface area contributed by atoms with Crippen molar-refractivity contribution >= 4 is 33.0 Å². The Bertz CT molecular complexity index is 840. The molecule has 0 aliphatic carbocycles. The second-order valence-corrected chi connectivity index (χ2v) is 6.09. The lowest BCUT2D eigenvalue weighted by Gasteiger charge is -1.99. The second kappa shape index (κ2) is 5.85. The number of ketones is 1. The monoisotopic (exact) mass is 314 g/mol. The van der Waals surface area contributed by atoms with Gasteiger partial charge in [0.15, 0.2) is 0 Å².